The van der Waals surface area contributed by atoms with Crippen LogP contribution in [0.2, 0.25) is 0 Å². The fourth-order valence-electron chi connectivity index (χ4n) is 3.47. The van der Waals surface area contributed by atoms with Crippen LogP contribution in [0, 0.1) is 0 Å². The number of ether oxygens (including phenoxy) is 1. The van der Waals surface area contributed by atoms with Crippen LogP contribution in [0.1, 0.15) is 5.82 Å². The normalized spacial score (nSPS) is 10.9. The van der Waals surface area contributed by atoms with Crippen molar-refractivity contribution in [2.45, 2.75) is 6.61 Å². The monoisotopic (exact) mass is 377 g/mol. The van der Waals surface area contributed by atoms with Crippen LogP contribution in [0.3, 0.4) is 0 Å². The van der Waals surface area contributed by atoms with E-state index in [-0.39, 0.29) is 0 Å². The first-order valence-corrected chi connectivity index (χ1v) is 9.53. The lowest BCUT2D eigenvalue weighted by atomic mass is 9.95. The van der Waals surface area contributed by atoms with Gasteiger partial charge in [0.2, 0.25) is 0 Å². The Labute approximate surface area is 168 Å². The molecule has 0 fully saturated rings. The zero-order chi connectivity index (χ0) is 19.5. The first kappa shape index (κ1) is 17.2. The number of pyridine rings is 1. The molecule has 0 aliphatic rings. The Morgan fingerprint density at radius 3 is 2.24 bits per heavy atom. The van der Waals surface area contributed by atoms with E-state index in [0.717, 1.165) is 39.3 Å². The molecule has 0 spiro atoms. The van der Waals surface area contributed by atoms with Gasteiger partial charge in [-0.3, -0.25) is 4.98 Å². The molecule has 1 N–H and O–H groups in total. The van der Waals surface area contributed by atoms with Crippen molar-refractivity contribution in [3.05, 3.63) is 103 Å². The van der Waals surface area contributed by atoms with Crippen molar-refractivity contribution in [3.63, 3.8) is 0 Å². The van der Waals surface area contributed by atoms with Gasteiger partial charge in [-0.15, -0.1) is 0 Å². The van der Waals surface area contributed by atoms with Gasteiger partial charge >= 0.3 is 0 Å². The minimum Gasteiger partial charge on any atom is -0.486 e. The van der Waals surface area contributed by atoms with Crippen LogP contribution < -0.4 is 4.74 Å². The summed E-state index contributed by atoms with van der Waals surface area (Å²) >= 11 is 0. The van der Waals surface area contributed by atoms with Gasteiger partial charge in [-0.05, 0) is 47.0 Å². The molecule has 3 aromatic carbocycles. The maximum Gasteiger partial charge on any atom is 0.146 e. The van der Waals surface area contributed by atoms with Crippen LogP contribution in [0.4, 0.5) is 0 Å². The molecule has 0 bridgehead atoms. The quantitative estimate of drug-likeness (QED) is 0.417. The van der Waals surface area contributed by atoms with Crippen molar-refractivity contribution < 1.29 is 4.74 Å². The number of aromatic amines is 1. The van der Waals surface area contributed by atoms with E-state index in [1.807, 2.05) is 48.7 Å². The highest BCUT2D eigenvalue weighted by Gasteiger charge is 2.08. The number of hydrogen-bond acceptors (Lipinski definition) is 3. The lowest BCUT2D eigenvalue weighted by Crippen LogP contribution is -1.97. The second kappa shape index (κ2) is 7.60. The van der Waals surface area contributed by atoms with Crippen molar-refractivity contribution in [2.75, 3.05) is 0 Å². The van der Waals surface area contributed by atoms with Gasteiger partial charge in [0.05, 0.1) is 11.0 Å². The maximum atomic E-state index is 5.92. The molecule has 0 amide bonds. The molecule has 0 aliphatic carbocycles. The Kier molecular flexibility index (Phi) is 4.51. The van der Waals surface area contributed by atoms with Crippen molar-refractivity contribution >= 4 is 11.0 Å². The van der Waals surface area contributed by atoms with Crippen LogP contribution in [-0.4, -0.2) is 15.0 Å². The number of H-pyrrole nitrogens is 1. The van der Waals surface area contributed by atoms with E-state index >= 15 is 0 Å². The van der Waals surface area contributed by atoms with Crippen LogP contribution in [0.5, 0.6) is 5.75 Å². The summed E-state index contributed by atoms with van der Waals surface area (Å²) in [6.45, 7) is 0.403. The van der Waals surface area contributed by atoms with Gasteiger partial charge in [0.15, 0.2) is 0 Å². The van der Waals surface area contributed by atoms with E-state index in [0.29, 0.717) is 6.61 Å². The second-order valence-electron chi connectivity index (χ2n) is 6.80. The number of aromatic nitrogens is 3. The highest BCUT2D eigenvalue weighted by Crippen LogP contribution is 2.32. The minimum absolute atomic E-state index is 0.403. The number of hydrogen-bond donors (Lipinski definition) is 1. The van der Waals surface area contributed by atoms with Gasteiger partial charge in [0, 0.05) is 18.0 Å². The summed E-state index contributed by atoms with van der Waals surface area (Å²) in [7, 11) is 0. The zero-order valence-corrected chi connectivity index (χ0v) is 15.7. The summed E-state index contributed by atoms with van der Waals surface area (Å²) in [5.41, 5.74) is 6.55. The topological polar surface area (TPSA) is 50.8 Å². The van der Waals surface area contributed by atoms with E-state index < -0.39 is 0 Å². The number of imidazole rings is 1. The number of nitrogens with one attached hydrogen (secondary N) is 1. The number of benzene rings is 3. The third-order valence-corrected chi connectivity index (χ3v) is 4.88. The molecule has 0 saturated carbocycles. The predicted molar refractivity (Wildman–Crippen MR) is 116 cm³/mol. The van der Waals surface area contributed by atoms with Gasteiger partial charge in [0.25, 0.3) is 0 Å². The minimum atomic E-state index is 0.403. The molecule has 5 aromatic rings. The molecule has 2 aromatic heterocycles. The largest absolute Gasteiger partial charge is 0.486 e. The smallest absolute Gasteiger partial charge is 0.146 e. The van der Waals surface area contributed by atoms with E-state index in [4.69, 9.17) is 4.74 Å². The fourth-order valence-corrected chi connectivity index (χ4v) is 3.47. The van der Waals surface area contributed by atoms with Crippen LogP contribution in [0.15, 0.2) is 97.3 Å². The molecule has 0 saturated heterocycles. The Bertz CT molecular complexity index is 1210. The summed E-state index contributed by atoms with van der Waals surface area (Å²) in [5, 5.41) is 0. The van der Waals surface area contributed by atoms with E-state index in [2.05, 4.69) is 57.4 Å². The standard InChI is InChI=1S/C25H19N3O/c1-2-8-22(19-6-5-15-26-16-19)21(7-1)18-11-13-20(14-12-18)29-17-25-27-23-9-3-4-10-24(23)28-25/h1-16H,17H2,(H,27,28). The van der Waals surface area contributed by atoms with Gasteiger partial charge in [-0.1, -0.05) is 54.6 Å². The average Bonchev–Trinajstić information content (AvgIpc) is 3.22. The number of rotatable bonds is 5. The lowest BCUT2D eigenvalue weighted by molar-refractivity contribution is 0.297. The molecule has 2 heterocycles. The van der Waals surface area contributed by atoms with Gasteiger partial charge in [-0.25, -0.2) is 4.98 Å². The molecule has 0 unspecified atom stereocenters. The molecule has 4 heteroatoms. The van der Waals surface area contributed by atoms with Gasteiger partial charge < -0.3 is 9.72 Å². The number of fused-ring (bicyclic) bond motifs is 1. The molecule has 140 valence electrons. The molecule has 5 rings (SSSR count). The van der Waals surface area contributed by atoms with E-state index in [9.17, 15) is 0 Å². The number of para-hydroxylation sites is 2. The Morgan fingerprint density at radius 1 is 0.724 bits per heavy atom. The molecular formula is C25H19N3O. The van der Waals surface area contributed by atoms with Crippen molar-refractivity contribution in [1.29, 1.82) is 0 Å². The highest BCUT2D eigenvalue weighted by molar-refractivity contribution is 5.83. The first-order chi connectivity index (χ1) is 14.4. The molecule has 0 aliphatic heterocycles. The van der Waals surface area contributed by atoms with E-state index in [1.54, 1.807) is 6.20 Å². The summed E-state index contributed by atoms with van der Waals surface area (Å²) in [6, 6.07) is 28.6. The van der Waals surface area contributed by atoms with Crippen LogP contribution in [0.25, 0.3) is 33.3 Å². The van der Waals surface area contributed by atoms with Crippen LogP contribution in [-0.2, 0) is 6.61 Å². The molecular weight excluding hydrogens is 358 g/mol. The summed E-state index contributed by atoms with van der Waals surface area (Å²) in [4.78, 5) is 12.1. The van der Waals surface area contributed by atoms with Crippen LogP contribution >= 0.6 is 0 Å². The Balaban J connectivity index is 1.36. The summed E-state index contributed by atoms with van der Waals surface area (Å²) in [6.07, 6.45) is 3.68. The number of nitrogens with zero attached hydrogens (tertiary/aromatic N) is 2. The molecule has 0 atom stereocenters. The summed E-state index contributed by atoms with van der Waals surface area (Å²) in [5.74, 6) is 1.63. The van der Waals surface area contributed by atoms with Crippen molar-refractivity contribution in [3.8, 4) is 28.0 Å². The highest BCUT2D eigenvalue weighted by atomic mass is 16.5. The third-order valence-electron chi connectivity index (χ3n) is 4.88. The zero-order valence-electron chi connectivity index (χ0n) is 15.7. The third kappa shape index (κ3) is 3.60. The Morgan fingerprint density at radius 2 is 1.48 bits per heavy atom. The lowest BCUT2D eigenvalue weighted by Gasteiger charge is -2.11. The maximum absolute atomic E-state index is 5.92. The first-order valence-electron chi connectivity index (χ1n) is 9.53. The molecule has 0 radical (unpaired) electrons. The second-order valence-corrected chi connectivity index (χ2v) is 6.80. The fraction of sp³-hybridized carbons (Fsp3) is 0.0400. The van der Waals surface area contributed by atoms with Gasteiger partial charge in [-0.2, -0.15) is 0 Å². The molecule has 4 nitrogen and oxygen atoms in total. The van der Waals surface area contributed by atoms with Gasteiger partial charge in [0.1, 0.15) is 18.2 Å². The SMILES string of the molecule is c1cncc(-c2ccccc2-c2ccc(OCc3nc4ccccc4[nH]3)cc2)c1. The molecule has 29 heavy (non-hydrogen) atoms. The van der Waals surface area contributed by atoms with Crippen molar-refractivity contribution in [1.82, 2.24) is 15.0 Å². The van der Waals surface area contributed by atoms with E-state index in [1.165, 1.54) is 5.56 Å². The Hall–Kier alpha value is -3.92. The summed E-state index contributed by atoms with van der Waals surface area (Å²) < 4.78 is 5.92. The van der Waals surface area contributed by atoms with Crippen molar-refractivity contribution in [2.24, 2.45) is 0 Å². The predicted octanol–water partition coefficient (Wildman–Crippen LogP) is 5.87. The average molecular weight is 377 g/mol.